The molecule has 0 N–H and O–H groups in total. The van der Waals surface area contributed by atoms with Gasteiger partial charge in [0.25, 0.3) is 0 Å². The Kier molecular flexibility index (Phi) is 6.35. The molecule has 0 saturated carbocycles. The molecule has 0 radical (unpaired) electrons. The first-order valence-corrected chi connectivity index (χ1v) is 11.6. The number of allylic oxidation sites excluding steroid dienone is 1. The van der Waals surface area contributed by atoms with Crippen LogP contribution >= 0.6 is 0 Å². The molecule has 5 rings (SSSR count). The monoisotopic (exact) mass is 450 g/mol. The zero-order chi connectivity index (χ0) is 22.8. The van der Waals surface area contributed by atoms with E-state index in [2.05, 4.69) is 9.80 Å². The molecule has 1 fully saturated rings. The predicted octanol–water partition coefficient (Wildman–Crippen LogP) is 3.49. The molecule has 0 unspecified atom stereocenters. The van der Waals surface area contributed by atoms with Crippen molar-refractivity contribution < 1.29 is 23.7 Å². The molecule has 7 nitrogen and oxygen atoms in total. The van der Waals surface area contributed by atoms with Crippen molar-refractivity contribution in [2.75, 3.05) is 52.7 Å². The fraction of sp³-hybridized carbons (Fsp3) is 0.423. The van der Waals surface area contributed by atoms with Gasteiger partial charge in [0.1, 0.15) is 24.0 Å². The maximum Gasteiger partial charge on any atom is 0.231 e. The summed E-state index contributed by atoms with van der Waals surface area (Å²) in [5.41, 5.74) is 3.43. The molecule has 7 heteroatoms. The number of ketones is 1. The minimum Gasteiger partial charge on any atom is -0.494 e. The second-order valence-electron chi connectivity index (χ2n) is 8.59. The molecule has 174 valence electrons. The van der Waals surface area contributed by atoms with Crippen molar-refractivity contribution >= 4 is 11.9 Å². The zero-order valence-corrected chi connectivity index (χ0v) is 19.3. The maximum atomic E-state index is 13.1. The summed E-state index contributed by atoms with van der Waals surface area (Å²) in [5, 5.41) is 0. The summed E-state index contributed by atoms with van der Waals surface area (Å²) in [5.74, 6) is 2.50. The molecule has 0 aliphatic carbocycles. The summed E-state index contributed by atoms with van der Waals surface area (Å²) < 4.78 is 23.1. The Balaban J connectivity index is 1.31. The van der Waals surface area contributed by atoms with E-state index in [0.717, 1.165) is 74.1 Å². The highest BCUT2D eigenvalue weighted by Gasteiger charge is 2.33. The van der Waals surface area contributed by atoms with E-state index in [1.165, 1.54) is 0 Å². The van der Waals surface area contributed by atoms with Crippen LogP contribution in [-0.2, 0) is 11.3 Å². The van der Waals surface area contributed by atoms with Crippen LogP contribution in [0.2, 0.25) is 0 Å². The number of carbonyl (C=O) groups excluding carboxylic acids is 1. The lowest BCUT2D eigenvalue weighted by molar-refractivity contribution is 0.0239. The van der Waals surface area contributed by atoms with Crippen molar-refractivity contribution in [2.45, 2.75) is 20.4 Å². The van der Waals surface area contributed by atoms with E-state index in [0.29, 0.717) is 30.4 Å². The molecule has 3 aliphatic heterocycles. The van der Waals surface area contributed by atoms with Crippen LogP contribution < -0.4 is 14.2 Å². The Hall–Kier alpha value is -2.87. The Morgan fingerprint density at radius 1 is 1.06 bits per heavy atom. The Morgan fingerprint density at radius 2 is 1.82 bits per heavy atom. The van der Waals surface area contributed by atoms with Crippen molar-refractivity contribution in [2.24, 2.45) is 0 Å². The molecule has 0 amide bonds. The van der Waals surface area contributed by atoms with Crippen LogP contribution in [0.1, 0.15) is 34.0 Å². The number of hydrogen-bond donors (Lipinski definition) is 0. The second kappa shape index (κ2) is 9.55. The average molecular weight is 451 g/mol. The molecule has 1 saturated heterocycles. The lowest BCUT2D eigenvalue weighted by Crippen LogP contribution is -2.43. The van der Waals surface area contributed by atoms with Gasteiger partial charge in [-0.25, -0.2) is 0 Å². The molecule has 33 heavy (non-hydrogen) atoms. The second-order valence-corrected chi connectivity index (χ2v) is 8.59. The van der Waals surface area contributed by atoms with Crippen molar-refractivity contribution in [3.63, 3.8) is 0 Å². The molecule has 2 aromatic rings. The fourth-order valence-electron chi connectivity index (χ4n) is 4.53. The largest absolute Gasteiger partial charge is 0.494 e. The van der Waals surface area contributed by atoms with Gasteiger partial charge < -0.3 is 18.9 Å². The SMILES string of the molecule is CCOc1ccc(/C=C2\Oc3c(cc4c(c3C)OCN(CCN3CCOCC3)C4)C2=O)cc1. The number of ether oxygens (including phenoxy) is 4. The van der Waals surface area contributed by atoms with Gasteiger partial charge in [0.05, 0.1) is 25.4 Å². The van der Waals surface area contributed by atoms with Crippen molar-refractivity contribution in [1.82, 2.24) is 9.80 Å². The minimum atomic E-state index is -0.0878. The zero-order valence-electron chi connectivity index (χ0n) is 19.3. The number of nitrogens with zero attached hydrogens (tertiary/aromatic N) is 2. The van der Waals surface area contributed by atoms with Gasteiger partial charge in [-0.3, -0.25) is 14.6 Å². The normalized spacial score (nSPS) is 19.7. The van der Waals surface area contributed by atoms with E-state index in [1.807, 2.05) is 44.2 Å². The number of Topliss-reactive ketones (excluding diaryl/α,β-unsaturated/α-hetero) is 1. The highest BCUT2D eigenvalue weighted by Crippen LogP contribution is 2.43. The van der Waals surface area contributed by atoms with Crippen LogP contribution in [-0.4, -0.2) is 68.3 Å². The molecule has 0 bridgehead atoms. The third-order valence-electron chi connectivity index (χ3n) is 6.33. The number of morpholine rings is 1. The number of rotatable bonds is 6. The number of fused-ring (bicyclic) bond motifs is 2. The van der Waals surface area contributed by atoms with E-state index in [9.17, 15) is 4.79 Å². The Morgan fingerprint density at radius 3 is 2.58 bits per heavy atom. The first kappa shape index (κ1) is 21.9. The smallest absolute Gasteiger partial charge is 0.231 e. The fourth-order valence-corrected chi connectivity index (χ4v) is 4.53. The van der Waals surface area contributed by atoms with Crippen LogP contribution in [0.5, 0.6) is 17.2 Å². The summed E-state index contributed by atoms with van der Waals surface area (Å²) >= 11 is 0. The summed E-state index contributed by atoms with van der Waals surface area (Å²) in [6.45, 7) is 11.3. The molecule has 3 heterocycles. The van der Waals surface area contributed by atoms with Crippen LogP contribution in [0.25, 0.3) is 6.08 Å². The molecule has 3 aliphatic rings. The van der Waals surface area contributed by atoms with Crippen molar-refractivity contribution in [1.29, 1.82) is 0 Å². The minimum absolute atomic E-state index is 0.0878. The van der Waals surface area contributed by atoms with E-state index < -0.39 is 0 Å². The first-order valence-electron chi connectivity index (χ1n) is 11.6. The van der Waals surface area contributed by atoms with Crippen LogP contribution in [0.4, 0.5) is 0 Å². The summed E-state index contributed by atoms with van der Waals surface area (Å²) in [7, 11) is 0. The molecular formula is C26H30N2O5. The lowest BCUT2D eigenvalue weighted by atomic mass is 10.00. The van der Waals surface area contributed by atoms with Gasteiger partial charge >= 0.3 is 0 Å². The topological polar surface area (TPSA) is 60.5 Å². The summed E-state index contributed by atoms with van der Waals surface area (Å²) in [4.78, 5) is 17.8. The predicted molar refractivity (Wildman–Crippen MR) is 125 cm³/mol. The van der Waals surface area contributed by atoms with E-state index in [-0.39, 0.29) is 5.78 Å². The van der Waals surface area contributed by atoms with E-state index in [1.54, 1.807) is 6.08 Å². The lowest BCUT2D eigenvalue weighted by Gasteiger charge is -2.33. The molecule has 0 spiro atoms. The van der Waals surface area contributed by atoms with E-state index in [4.69, 9.17) is 18.9 Å². The van der Waals surface area contributed by atoms with Gasteiger partial charge in [-0.15, -0.1) is 0 Å². The van der Waals surface area contributed by atoms with Crippen LogP contribution in [0.15, 0.2) is 36.1 Å². The molecule has 2 aromatic carbocycles. The highest BCUT2D eigenvalue weighted by molar-refractivity contribution is 6.15. The Bertz CT molecular complexity index is 1060. The first-order chi connectivity index (χ1) is 16.1. The van der Waals surface area contributed by atoms with Gasteiger partial charge in [0.2, 0.25) is 5.78 Å². The maximum absolute atomic E-state index is 13.1. The third-order valence-corrected chi connectivity index (χ3v) is 6.33. The van der Waals surface area contributed by atoms with Crippen LogP contribution in [0, 0.1) is 6.92 Å². The average Bonchev–Trinajstić information content (AvgIpc) is 3.15. The van der Waals surface area contributed by atoms with Gasteiger partial charge in [-0.05, 0) is 43.7 Å². The summed E-state index contributed by atoms with van der Waals surface area (Å²) in [6, 6.07) is 9.58. The van der Waals surface area contributed by atoms with Gasteiger partial charge in [0, 0.05) is 43.9 Å². The van der Waals surface area contributed by atoms with Gasteiger partial charge in [-0.1, -0.05) is 12.1 Å². The van der Waals surface area contributed by atoms with Gasteiger partial charge in [-0.2, -0.15) is 0 Å². The molecular weight excluding hydrogens is 420 g/mol. The van der Waals surface area contributed by atoms with Gasteiger partial charge in [0.15, 0.2) is 5.76 Å². The van der Waals surface area contributed by atoms with Crippen molar-refractivity contribution in [3.05, 3.63) is 58.3 Å². The Labute approximate surface area is 194 Å². The number of carbonyl (C=O) groups is 1. The third kappa shape index (κ3) is 4.62. The number of hydrogen-bond acceptors (Lipinski definition) is 7. The number of benzene rings is 2. The van der Waals surface area contributed by atoms with Crippen LogP contribution in [0.3, 0.4) is 0 Å². The summed E-state index contributed by atoms with van der Waals surface area (Å²) in [6.07, 6.45) is 1.78. The molecule has 0 aromatic heterocycles. The van der Waals surface area contributed by atoms with Crippen molar-refractivity contribution in [3.8, 4) is 17.2 Å². The quantitative estimate of drug-likeness (QED) is 0.625. The standard InChI is InChI=1S/C26H30N2O5/c1-3-31-21-6-4-19(5-7-21)14-23-24(29)22-15-20-16-28(9-8-27-10-12-30-13-11-27)17-32-25(20)18(2)26(22)33-23/h4-7,14-15H,3,8-13,16-17H2,1-2H3/b23-14-. The van der Waals surface area contributed by atoms with E-state index >= 15 is 0 Å². The highest BCUT2D eigenvalue weighted by atomic mass is 16.5. The molecule has 0 atom stereocenters.